The predicted octanol–water partition coefficient (Wildman–Crippen LogP) is 3.12. The summed E-state index contributed by atoms with van der Waals surface area (Å²) >= 11 is 1.38. The van der Waals surface area contributed by atoms with Gasteiger partial charge in [0.15, 0.2) is 5.78 Å². The first-order valence-electron chi connectivity index (χ1n) is 13.0. The maximum absolute atomic E-state index is 13.7. The first-order valence-corrected chi connectivity index (χ1v) is 13.9. The molecule has 8 nitrogen and oxygen atoms in total. The summed E-state index contributed by atoms with van der Waals surface area (Å²) in [7, 11) is 0. The monoisotopic (exact) mass is 523 g/mol. The minimum Gasteiger partial charge on any atom is -0.368 e. The third-order valence-electron chi connectivity index (χ3n) is 7.39. The van der Waals surface area contributed by atoms with Crippen molar-refractivity contribution in [1.82, 2.24) is 15.1 Å². The fraction of sp³-hybridized carbons (Fsp3) is 0.500. The highest BCUT2D eigenvalue weighted by atomic mass is 32.1. The molecule has 3 fully saturated rings. The summed E-state index contributed by atoms with van der Waals surface area (Å²) in [5.74, 6) is -0.661. The van der Waals surface area contributed by atoms with Crippen LogP contribution in [0.5, 0.6) is 0 Å². The van der Waals surface area contributed by atoms with Gasteiger partial charge >= 0.3 is 0 Å². The quantitative estimate of drug-likeness (QED) is 0.602. The van der Waals surface area contributed by atoms with E-state index in [4.69, 9.17) is 4.74 Å². The molecule has 0 spiro atoms. The Morgan fingerprint density at radius 1 is 1.08 bits per heavy atom. The van der Waals surface area contributed by atoms with Crippen molar-refractivity contribution in [2.75, 3.05) is 19.7 Å². The van der Waals surface area contributed by atoms with Crippen LogP contribution < -0.4 is 5.32 Å². The van der Waals surface area contributed by atoms with E-state index in [1.807, 2.05) is 50.2 Å². The number of nitrogens with zero attached hydrogens (tertiary/aromatic N) is 2. The van der Waals surface area contributed by atoms with E-state index in [0.717, 1.165) is 16.9 Å². The Kier molecular flexibility index (Phi) is 7.44. The van der Waals surface area contributed by atoms with Crippen molar-refractivity contribution >= 4 is 34.8 Å². The summed E-state index contributed by atoms with van der Waals surface area (Å²) in [6.45, 7) is 4.96. The highest BCUT2D eigenvalue weighted by Crippen LogP contribution is 2.33. The van der Waals surface area contributed by atoms with Crippen LogP contribution in [0.15, 0.2) is 42.5 Å². The molecule has 3 amide bonds. The van der Waals surface area contributed by atoms with Crippen molar-refractivity contribution in [3.05, 3.63) is 47.3 Å². The molecule has 0 aliphatic carbocycles. The van der Waals surface area contributed by atoms with Gasteiger partial charge in [-0.25, -0.2) is 0 Å². The topological polar surface area (TPSA) is 96.0 Å². The highest BCUT2D eigenvalue weighted by Gasteiger charge is 2.53. The molecule has 37 heavy (non-hydrogen) atoms. The summed E-state index contributed by atoms with van der Waals surface area (Å²) < 4.78 is 5.55. The Morgan fingerprint density at radius 3 is 2.57 bits per heavy atom. The Morgan fingerprint density at radius 2 is 1.86 bits per heavy atom. The number of ether oxygens (including phenoxy) is 1. The van der Waals surface area contributed by atoms with Crippen molar-refractivity contribution in [2.45, 2.75) is 63.8 Å². The highest BCUT2D eigenvalue weighted by molar-refractivity contribution is 7.17. The number of fused-ring (bicyclic) bond motifs is 1. The number of ketones is 1. The van der Waals surface area contributed by atoms with Crippen LogP contribution in [-0.4, -0.2) is 77.2 Å². The van der Waals surface area contributed by atoms with Crippen molar-refractivity contribution in [3.63, 3.8) is 0 Å². The molecule has 4 unspecified atom stereocenters. The smallest absolute Gasteiger partial charge is 0.262 e. The van der Waals surface area contributed by atoms with E-state index in [2.05, 4.69) is 5.32 Å². The molecule has 5 rings (SSSR count). The summed E-state index contributed by atoms with van der Waals surface area (Å²) in [5.41, 5.74) is 1.03. The number of likely N-dealkylation sites (tertiary alicyclic amines) is 2. The van der Waals surface area contributed by atoms with E-state index >= 15 is 0 Å². The number of rotatable bonds is 7. The van der Waals surface area contributed by atoms with Crippen molar-refractivity contribution in [2.24, 2.45) is 5.92 Å². The molecule has 9 heteroatoms. The number of benzene rings is 1. The summed E-state index contributed by atoms with van der Waals surface area (Å²) in [6.07, 6.45) is 2.03. The molecule has 4 heterocycles. The van der Waals surface area contributed by atoms with Crippen LogP contribution >= 0.6 is 11.3 Å². The molecular formula is C28H33N3O5S. The molecule has 3 saturated heterocycles. The van der Waals surface area contributed by atoms with Gasteiger partial charge in [0.05, 0.1) is 17.5 Å². The number of nitrogens with one attached hydrogen (secondary N) is 1. The fourth-order valence-corrected chi connectivity index (χ4v) is 6.57. The molecule has 1 aromatic heterocycles. The number of hydrogen-bond donors (Lipinski definition) is 1. The van der Waals surface area contributed by atoms with E-state index in [1.165, 1.54) is 11.3 Å². The number of thiophene rings is 1. The van der Waals surface area contributed by atoms with Gasteiger partial charge in [-0.3, -0.25) is 19.2 Å². The van der Waals surface area contributed by atoms with Gasteiger partial charge in [-0.2, -0.15) is 0 Å². The zero-order valence-electron chi connectivity index (χ0n) is 21.2. The van der Waals surface area contributed by atoms with Crippen LogP contribution in [0.4, 0.5) is 0 Å². The lowest BCUT2D eigenvalue weighted by Gasteiger charge is -2.29. The lowest BCUT2D eigenvalue weighted by atomic mass is 10.0. The maximum Gasteiger partial charge on any atom is 0.262 e. The zero-order valence-corrected chi connectivity index (χ0v) is 22.0. The predicted molar refractivity (Wildman–Crippen MR) is 140 cm³/mol. The van der Waals surface area contributed by atoms with E-state index in [0.29, 0.717) is 37.3 Å². The fourth-order valence-electron chi connectivity index (χ4n) is 5.66. The second-order valence-electron chi connectivity index (χ2n) is 10.5. The third-order valence-corrected chi connectivity index (χ3v) is 8.53. The summed E-state index contributed by atoms with van der Waals surface area (Å²) in [5, 5.41) is 2.95. The van der Waals surface area contributed by atoms with Gasteiger partial charge in [0, 0.05) is 18.0 Å². The molecule has 3 aliphatic rings. The Labute approximate surface area is 221 Å². The van der Waals surface area contributed by atoms with Crippen LogP contribution in [0.25, 0.3) is 10.4 Å². The average Bonchev–Trinajstić information content (AvgIpc) is 3.69. The lowest BCUT2D eigenvalue weighted by molar-refractivity contribution is -0.142. The Balaban J connectivity index is 1.29. The first kappa shape index (κ1) is 25.6. The van der Waals surface area contributed by atoms with Gasteiger partial charge in [0.2, 0.25) is 5.91 Å². The molecule has 0 radical (unpaired) electrons. The average molecular weight is 524 g/mol. The molecule has 1 aromatic carbocycles. The summed E-state index contributed by atoms with van der Waals surface area (Å²) in [4.78, 5) is 57.6. The maximum atomic E-state index is 13.7. The normalized spacial score (nSPS) is 24.0. The number of carbonyl (C=O) groups excluding carboxylic acids is 4. The number of amides is 3. The van der Waals surface area contributed by atoms with Crippen LogP contribution in [0.1, 0.15) is 49.2 Å². The van der Waals surface area contributed by atoms with Gasteiger partial charge < -0.3 is 19.9 Å². The van der Waals surface area contributed by atoms with Crippen LogP contribution in [-0.2, 0) is 19.1 Å². The van der Waals surface area contributed by atoms with Crippen LogP contribution in [0, 0.1) is 5.92 Å². The SMILES string of the molecule is CC(C)CC(NC(=O)c1ccc(-c2ccccc2)s1)C(=O)N1CCC2C1C(=O)CN2C(=O)C1CCCO1. The minimum absolute atomic E-state index is 0.0104. The molecule has 3 aliphatic heterocycles. The van der Waals surface area contributed by atoms with E-state index < -0.39 is 18.2 Å². The molecule has 1 N–H and O–H groups in total. The standard InChI is InChI=1S/C28H33N3O5S/c1-17(2)15-19(29-26(33)24-11-10-23(37-24)18-7-4-3-5-8-18)27(34)30-13-12-20-25(30)21(32)16-31(20)28(35)22-9-6-14-36-22/h3-5,7-8,10-11,17,19-20,22,25H,6,9,12-16H2,1-2H3,(H,29,33). The molecule has 4 atom stereocenters. The number of carbonyl (C=O) groups is 4. The van der Waals surface area contributed by atoms with Gasteiger partial charge in [-0.15, -0.1) is 11.3 Å². The Bertz CT molecular complexity index is 1170. The first-order chi connectivity index (χ1) is 17.8. The van der Waals surface area contributed by atoms with Gasteiger partial charge in [0.25, 0.3) is 11.8 Å². The Hall–Kier alpha value is -3.04. The number of hydrogen-bond acceptors (Lipinski definition) is 6. The second-order valence-corrected chi connectivity index (χ2v) is 11.5. The zero-order chi connectivity index (χ0) is 26.1. The minimum atomic E-state index is -0.746. The third kappa shape index (κ3) is 5.20. The van der Waals surface area contributed by atoms with Gasteiger partial charge in [0.1, 0.15) is 18.2 Å². The van der Waals surface area contributed by atoms with Crippen LogP contribution in [0.2, 0.25) is 0 Å². The van der Waals surface area contributed by atoms with Crippen molar-refractivity contribution < 1.29 is 23.9 Å². The molecule has 196 valence electrons. The molecular weight excluding hydrogens is 490 g/mol. The molecule has 0 bridgehead atoms. The van der Waals surface area contributed by atoms with Crippen LogP contribution in [0.3, 0.4) is 0 Å². The van der Waals surface area contributed by atoms with E-state index in [-0.39, 0.29) is 42.0 Å². The lowest BCUT2D eigenvalue weighted by Crippen LogP contribution is -2.53. The van der Waals surface area contributed by atoms with Crippen molar-refractivity contribution in [1.29, 1.82) is 0 Å². The van der Waals surface area contributed by atoms with Crippen molar-refractivity contribution in [3.8, 4) is 10.4 Å². The van der Waals surface area contributed by atoms with E-state index in [1.54, 1.807) is 15.9 Å². The summed E-state index contributed by atoms with van der Waals surface area (Å²) in [6, 6.07) is 11.8. The van der Waals surface area contributed by atoms with E-state index in [9.17, 15) is 19.2 Å². The van der Waals surface area contributed by atoms with Gasteiger partial charge in [-0.05, 0) is 49.3 Å². The largest absolute Gasteiger partial charge is 0.368 e. The molecule has 2 aromatic rings. The van der Waals surface area contributed by atoms with Gasteiger partial charge in [-0.1, -0.05) is 44.2 Å². The second kappa shape index (κ2) is 10.8. The number of Topliss-reactive ketones (excluding diaryl/α,β-unsaturated/α-hetero) is 1. The molecule has 0 saturated carbocycles.